The zero-order chi connectivity index (χ0) is 10.4. The van der Waals surface area contributed by atoms with Crippen LogP contribution in [0, 0.1) is 5.92 Å². The van der Waals surface area contributed by atoms with Crippen molar-refractivity contribution in [1.82, 2.24) is 0 Å². The minimum absolute atomic E-state index is 0.372. The summed E-state index contributed by atoms with van der Waals surface area (Å²) in [6.07, 6.45) is -0.0373. The smallest absolute Gasteiger partial charge is 0.325 e. The predicted molar refractivity (Wildman–Crippen MR) is 50.1 cm³/mol. The first kappa shape index (κ1) is 12.4. The Balaban J connectivity index is 3.62. The van der Waals surface area contributed by atoms with Crippen molar-refractivity contribution in [2.75, 3.05) is 6.61 Å². The van der Waals surface area contributed by atoms with Gasteiger partial charge < -0.3 is 15.6 Å². The Morgan fingerprint density at radius 3 is 2.38 bits per heavy atom. The molecule has 2 unspecified atom stereocenters. The molecule has 0 aliphatic carbocycles. The standard InChI is InChI=1S/C9H19NO3/c1-6(2)4-5-13-9(12)8(10)7(3)11/h6-8,11H,4-5,10H2,1-3H3. The van der Waals surface area contributed by atoms with Gasteiger partial charge in [0.05, 0.1) is 12.7 Å². The number of rotatable bonds is 5. The van der Waals surface area contributed by atoms with Gasteiger partial charge in [-0.2, -0.15) is 0 Å². The quantitative estimate of drug-likeness (QED) is 0.609. The molecule has 0 amide bonds. The number of ether oxygens (including phenoxy) is 1. The lowest BCUT2D eigenvalue weighted by molar-refractivity contribution is -0.147. The van der Waals surface area contributed by atoms with E-state index in [4.69, 9.17) is 15.6 Å². The van der Waals surface area contributed by atoms with E-state index < -0.39 is 18.1 Å². The molecule has 0 aliphatic rings. The van der Waals surface area contributed by atoms with Gasteiger partial charge in [-0.3, -0.25) is 4.79 Å². The van der Waals surface area contributed by atoms with Crippen molar-refractivity contribution < 1.29 is 14.6 Å². The van der Waals surface area contributed by atoms with Crippen molar-refractivity contribution in [3.63, 3.8) is 0 Å². The molecule has 0 saturated carbocycles. The fraction of sp³-hybridized carbons (Fsp3) is 0.889. The number of nitrogens with two attached hydrogens (primary N) is 1. The van der Waals surface area contributed by atoms with Gasteiger partial charge in [0.1, 0.15) is 6.04 Å². The van der Waals surface area contributed by atoms with Crippen molar-refractivity contribution in [3.8, 4) is 0 Å². The Morgan fingerprint density at radius 1 is 1.46 bits per heavy atom. The van der Waals surface area contributed by atoms with Crippen LogP contribution in [-0.2, 0) is 9.53 Å². The van der Waals surface area contributed by atoms with Gasteiger partial charge in [-0.05, 0) is 19.3 Å². The summed E-state index contributed by atoms with van der Waals surface area (Å²) in [6.45, 7) is 5.93. The van der Waals surface area contributed by atoms with E-state index >= 15 is 0 Å². The number of carbonyl (C=O) groups excluding carboxylic acids is 1. The second kappa shape index (κ2) is 5.94. The average Bonchev–Trinajstić information content (AvgIpc) is 2.02. The number of aliphatic hydroxyl groups excluding tert-OH is 1. The number of esters is 1. The van der Waals surface area contributed by atoms with Crippen LogP contribution in [-0.4, -0.2) is 29.8 Å². The normalized spacial score (nSPS) is 15.5. The van der Waals surface area contributed by atoms with Gasteiger partial charge >= 0.3 is 5.97 Å². The van der Waals surface area contributed by atoms with Crippen LogP contribution < -0.4 is 5.73 Å². The maximum absolute atomic E-state index is 11.1. The van der Waals surface area contributed by atoms with Crippen LogP contribution in [0.4, 0.5) is 0 Å². The van der Waals surface area contributed by atoms with Crippen LogP contribution in [0.5, 0.6) is 0 Å². The van der Waals surface area contributed by atoms with Crippen molar-refractivity contribution in [3.05, 3.63) is 0 Å². The minimum Gasteiger partial charge on any atom is -0.464 e. The Kier molecular flexibility index (Phi) is 5.66. The molecule has 4 heteroatoms. The predicted octanol–water partition coefficient (Wildman–Crippen LogP) is 0.284. The number of aliphatic hydroxyl groups is 1. The average molecular weight is 189 g/mol. The third kappa shape index (κ3) is 5.60. The highest BCUT2D eigenvalue weighted by atomic mass is 16.5. The van der Waals surface area contributed by atoms with Gasteiger partial charge in [-0.1, -0.05) is 13.8 Å². The molecular formula is C9H19NO3. The number of carbonyl (C=O) groups is 1. The van der Waals surface area contributed by atoms with E-state index in [9.17, 15) is 4.79 Å². The van der Waals surface area contributed by atoms with E-state index in [0.29, 0.717) is 12.5 Å². The first-order valence-corrected chi connectivity index (χ1v) is 4.55. The molecule has 4 nitrogen and oxygen atoms in total. The van der Waals surface area contributed by atoms with E-state index in [1.54, 1.807) is 0 Å². The van der Waals surface area contributed by atoms with Gasteiger partial charge in [-0.25, -0.2) is 0 Å². The van der Waals surface area contributed by atoms with Crippen molar-refractivity contribution in [2.24, 2.45) is 11.7 Å². The molecule has 0 rings (SSSR count). The summed E-state index contributed by atoms with van der Waals surface area (Å²) in [5.74, 6) is -0.0359. The summed E-state index contributed by atoms with van der Waals surface area (Å²) in [5.41, 5.74) is 5.35. The Bertz CT molecular complexity index is 157. The van der Waals surface area contributed by atoms with E-state index in [1.807, 2.05) is 13.8 Å². The highest BCUT2D eigenvalue weighted by molar-refractivity contribution is 5.76. The molecule has 0 saturated heterocycles. The molecule has 13 heavy (non-hydrogen) atoms. The lowest BCUT2D eigenvalue weighted by Crippen LogP contribution is -2.41. The summed E-state index contributed by atoms with van der Waals surface area (Å²) in [6, 6.07) is -0.924. The van der Waals surface area contributed by atoms with Crippen molar-refractivity contribution in [2.45, 2.75) is 39.3 Å². The zero-order valence-electron chi connectivity index (χ0n) is 8.49. The Labute approximate surface area is 79.1 Å². The minimum atomic E-state index is -0.924. The fourth-order valence-electron chi connectivity index (χ4n) is 0.688. The van der Waals surface area contributed by atoms with Gasteiger partial charge in [0, 0.05) is 0 Å². The molecule has 0 spiro atoms. The number of hydrogen-bond acceptors (Lipinski definition) is 4. The molecule has 0 radical (unpaired) electrons. The zero-order valence-corrected chi connectivity index (χ0v) is 8.49. The summed E-state index contributed by atoms with van der Waals surface area (Å²) in [7, 11) is 0. The Hall–Kier alpha value is -0.610. The lowest BCUT2D eigenvalue weighted by atomic mass is 10.1. The monoisotopic (exact) mass is 189 g/mol. The highest BCUT2D eigenvalue weighted by Gasteiger charge is 2.19. The molecule has 0 aromatic rings. The van der Waals surface area contributed by atoms with Crippen LogP contribution >= 0.6 is 0 Å². The Morgan fingerprint density at radius 2 is 2.00 bits per heavy atom. The first-order chi connectivity index (χ1) is 5.95. The van der Waals surface area contributed by atoms with Crippen molar-refractivity contribution in [1.29, 1.82) is 0 Å². The van der Waals surface area contributed by atoms with Gasteiger partial charge in [-0.15, -0.1) is 0 Å². The van der Waals surface area contributed by atoms with E-state index in [0.717, 1.165) is 6.42 Å². The maximum Gasteiger partial charge on any atom is 0.325 e. The second-order valence-corrected chi connectivity index (χ2v) is 3.62. The molecule has 2 atom stereocenters. The SMILES string of the molecule is CC(C)CCOC(=O)C(N)C(C)O. The third-order valence-corrected chi connectivity index (χ3v) is 1.73. The van der Waals surface area contributed by atoms with Crippen LogP contribution in [0.1, 0.15) is 27.2 Å². The number of hydrogen-bond donors (Lipinski definition) is 2. The fourth-order valence-corrected chi connectivity index (χ4v) is 0.688. The molecular weight excluding hydrogens is 170 g/mol. The lowest BCUT2D eigenvalue weighted by Gasteiger charge is -2.14. The molecule has 0 bridgehead atoms. The second-order valence-electron chi connectivity index (χ2n) is 3.62. The van der Waals surface area contributed by atoms with Crippen LogP contribution in [0.3, 0.4) is 0 Å². The maximum atomic E-state index is 11.1. The molecule has 0 aromatic heterocycles. The highest BCUT2D eigenvalue weighted by Crippen LogP contribution is 2.00. The summed E-state index contributed by atoms with van der Waals surface area (Å²) >= 11 is 0. The molecule has 3 N–H and O–H groups in total. The molecule has 0 fully saturated rings. The first-order valence-electron chi connectivity index (χ1n) is 4.55. The summed E-state index contributed by atoms with van der Waals surface area (Å²) in [4.78, 5) is 11.1. The van der Waals surface area contributed by atoms with Crippen LogP contribution in [0.25, 0.3) is 0 Å². The van der Waals surface area contributed by atoms with E-state index in [-0.39, 0.29) is 0 Å². The van der Waals surface area contributed by atoms with Crippen molar-refractivity contribution >= 4 is 5.97 Å². The van der Waals surface area contributed by atoms with Crippen LogP contribution in [0.2, 0.25) is 0 Å². The topological polar surface area (TPSA) is 72.5 Å². The third-order valence-electron chi connectivity index (χ3n) is 1.73. The van der Waals surface area contributed by atoms with E-state index in [2.05, 4.69) is 0 Å². The molecule has 0 heterocycles. The molecule has 0 aliphatic heterocycles. The van der Waals surface area contributed by atoms with Crippen LogP contribution in [0.15, 0.2) is 0 Å². The molecule has 0 aromatic carbocycles. The van der Waals surface area contributed by atoms with Gasteiger partial charge in [0.25, 0.3) is 0 Å². The molecule has 78 valence electrons. The summed E-state index contributed by atoms with van der Waals surface area (Å²) in [5, 5.41) is 8.97. The largest absolute Gasteiger partial charge is 0.464 e. The van der Waals surface area contributed by atoms with E-state index in [1.165, 1.54) is 6.92 Å². The van der Waals surface area contributed by atoms with Gasteiger partial charge in [0.15, 0.2) is 0 Å². The van der Waals surface area contributed by atoms with Gasteiger partial charge in [0.2, 0.25) is 0 Å². The summed E-state index contributed by atoms with van der Waals surface area (Å²) < 4.78 is 4.85.